The third-order valence-corrected chi connectivity index (χ3v) is 5.61. The molecule has 2 aromatic carbocycles. The van der Waals surface area contributed by atoms with E-state index in [-0.39, 0.29) is 29.7 Å². The third-order valence-electron chi connectivity index (χ3n) is 4.92. The Morgan fingerprint density at radius 1 is 0.783 bits per heavy atom. The van der Waals surface area contributed by atoms with Gasteiger partial charge in [0.1, 0.15) is 12.1 Å². The van der Waals surface area contributed by atoms with E-state index >= 15 is 0 Å². The maximum absolute atomic E-state index is 12.8. The lowest BCUT2D eigenvalue weighted by molar-refractivity contribution is -0.748. The van der Waals surface area contributed by atoms with E-state index in [1.807, 2.05) is 62.4 Å². The summed E-state index contributed by atoms with van der Waals surface area (Å²) in [6, 6.07) is 15.5. The Hall–Kier alpha value is -1.35. The van der Waals surface area contributed by atoms with Gasteiger partial charge in [-0.15, -0.1) is 0 Å². The molecule has 1 aliphatic rings. The summed E-state index contributed by atoms with van der Waals surface area (Å²) >= 11 is 12.7. The highest BCUT2D eigenvalue weighted by atomic mass is 35.5. The van der Waals surface area contributed by atoms with E-state index in [9.17, 15) is 4.79 Å². The third kappa shape index (κ3) is 3.03. The molecule has 0 radical (unpaired) electrons. The number of benzene rings is 2. The molecule has 0 amide bonds. The van der Waals surface area contributed by atoms with Crippen molar-refractivity contribution < 1.29 is 10.1 Å². The van der Waals surface area contributed by atoms with Crippen LogP contribution in [0.3, 0.4) is 0 Å². The Kier molecular flexibility index (Phi) is 4.77. The quantitative estimate of drug-likeness (QED) is 0.866. The number of ketones is 1. The van der Waals surface area contributed by atoms with Gasteiger partial charge in [-0.05, 0) is 26.0 Å². The van der Waals surface area contributed by atoms with Crippen LogP contribution in [0.15, 0.2) is 48.5 Å². The molecule has 4 heteroatoms. The zero-order chi connectivity index (χ0) is 16.6. The molecule has 2 nitrogen and oxygen atoms in total. The molecule has 120 valence electrons. The van der Waals surface area contributed by atoms with E-state index < -0.39 is 0 Å². The van der Waals surface area contributed by atoms with Gasteiger partial charge in [-0.25, -0.2) is 0 Å². The predicted molar refractivity (Wildman–Crippen MR) is 93.6 cm³/mol. The zero-order valence-electron chi connectivity index (χ0n) is 13.2. The number of hydrogen-bond acceptors (Lipinski definition) is 1. The summed E-state index contributed by atoms with van der Waals surface area (Å²) in [6.45, 7) is 3.98. The molecule has 0 bridgehead atoms. The van der Waals surface area contributed by atoms with Crippen molar-refractivity contribution in [1.82, 2.24) is 0 Å². The Morgan fingerprint density at radius 2 is 1.17 bits per heavy atom. The van der Waals surface area contributed by atoms with Crippen LogP contribution in [0.1, 0.15) is 37.1 Å². The fourth-order valence-electron chi connectivity index (χ4n) is 3.56. The van der Waals surface area contributed by atoms with Crippen LogP contribution in [0.2, 0.25) is 10.0 Å². The average molecular weight is 349 g/mol. The van der Waals surface area contributed by atoms with Crippen molar-refractivity contribution in [3.63, 3.8) is 0 Å². The van der Waals surface area contributed by atoms with Crippen molar-refractivity contribution in [2.45, 2.75) is 25.9 Å². The van der Waals surface area contributed by atoms with E-state index in [0.29, 0.717) is 10.0 Å². The van der Waals surface area contributed by atoms with E-state index in [4.69, 9.17) is 23.2 Å². The van der Waals surface area contributed by atoms with Gasteiger partial charge in [0.25, 0.3) is 0 Å². The van der Waals surface area contributed by atoms with Gasteiger partial charge in [0.15, 0.2) is 5.78 Å². The number of quaternary nitrogens is 1. The maximum Gasteiger partial charge on any atom is 0.151 e. The summed E-state index contributed by atoms with van der Waals surface area (Å²) in [5, 5.41) is 3.67. The number of halogens is 2. The van der Waals surface area contributed by atoms with Crippen LogP contribution in [-0.2, 0) is 4.79 Å². The number of carbonyl (C=O) groups is 1. The van der Waals surface area contributed by atoms with Crippen LogP contribution in [-0.4, -0.2) is 5.78 Å². The highest BCUT2D eigenvalue weighted by molar-refractivity contribution is 6.31. The summed E-state index contributed by atoms with van der Waals surface area (Å²) in [6.07, 6.45) is 0. The molecule has 0 spiro atoms. The van der Waals surface area contributed by atoms with Crippen LogP contribution in [0.4, 0.5) is 0 Å². The first-order chi connectivity index (χ1) is 11.0. The SMILES string of the molecule is C[C@@H]1C(=O)[C@H](C)[C@@H](c2ccccc2Cl)[NH2+][C@@H]1c1ccccc1Cl. The number of carbonyl (C=O) groups excluding carboxylic acids is 1. The van der Waals surface area contributed by atoms with E-state index in [1.54, 1.807) is 0 Å². The van der Waals surface area contributed by atoms with Gasteiger partial charge in [0.2, 0.25) is 0 Å². The van der Waals surface area contributed by atoms with Gasteiger partial charge >= 0.3 is 0 Å². The van der Waals surface area contributed by atoms with Gasteiger partial charge in [-0.1, -0.05) is 59.6 Å². The summed E-state index contributed by atoms with van der Waals surface area (Å²) in [4.78, 5) is 12.8. The minimum atomic E-state index is -0.0800. The van der Waals surface area contributed by atoms with Crippen molar-refractivity contribution in [3.8, 4) is 0 Å². The van der Waals surface area contributed by atoms with E-state index in [1.165, 1.54) is 0 Å². The van der Waals surface area contributed by atoms with Crippen LogP contribution in [0, 0.1) is 11.8 Å². The molecule has 0 unspecified atom stereocenters. The van der Waals surface area contributed by atoms with Gasteiger partial charge in [-0.3, -0.25) is 4.79 Å². The fourth-order valence-corrected chi connectivity index (χ4v) is 4.09. The van der Waals surface area contributed by atoms with Gasteiger partial charge < -0.3 is 5.32 Å². The molecule has 0 aliphatic carbocycles. The smallest absolute Gasteiger partial charge is 0.151 e. The second-order valence-electron chi connectivity index (χ2n) is 6.27. The monoisotopic (exact) mass is 348 g/mol. The van der Waals surface area contributed by atoms with Crippen LogP contribution >= 0.6 is 23.2 Å². The van der Waals surface area contributed by atoms with Crippen molar-refractivity contribution in [2.75, 3.05) is 0 Å². The van der Waals surface area contributed by atoms with E-state index in [0.717, 1.165) is 11.1 Å². The second-order valence-corrected chi connectivity index (χ2v) is 7.08. The molecule has 3 rings (SSSR count). The molecular formula is C19H20Cl2NO+. The molecule has 0 aromatic heterocycles. The molecule has 4 atom stereocenters. The highest BCUT2D eigenvalue weighted by Gasteiger charge is 2.44. The average Bonchev–Trinajstić information content (AvgIpc) is 2.55. The molecule has 1 saturated heterocycles. The second kappa shape index (κ2) is 6.64. The standard InChI is InChI=1S/C19H19Cl2NO/c1-11-17(13-7-3-5-9-15(13)20)22-18(12(2)19(11)23)14-8-4-6-10-16(14)21/h3-12,17-18,22H,1-2H3/p+1/t11-,12+,17-,18-/m0/s1. The number of piperidine rings is 1. The lowest BCUT2D eigenvalue weighted by atomic mass is 9.76. The molecule has 1 heterocycles. The summed E-state index contributed by atoms with van der Waals surface area (Å²) in [5.74, 6) is 0.106. The maximum atomic E-state index is 12.8. The van der Waals surface area contributed by atoms with Crippen LogP contribution < -0.4 is 5.32 Å². The van der Waals surface area contributed by atoms with Crippen LogP contribution in [0.25, 0.3) is 0 Å². The molecule has 1 aliphatic heterocycles. The van der Waals surface area contributed by atoms with Crippen molar-refractivity contribution >= 4 is 29.0 Å². The topological polar surface area (TPSA) is 33.7 Å². The van der Waals surface area contributed by atoms with Gasteiger partial charge in [0, 0.05) is 21.2 Å². The number of Topliss-reactive ketones (excluding diaryl/α,β-unsaturated/α-hetero) is 1. The van der Waals surface area contributed by atoms with Crippen molar-refractivity contribution in [1.29, 1.82) is 0 Å². The Bertz CT molecular complexity index is 671. The highest BCUT2D eigenvalue weighted by Crippen LogP contribution is 2.36. The molecule has 2 N–H and O–H groups in total. The Morgan fingerprint density at radius 3 is 1.57 bits per heavy atom. The van der Waals surface area contributed by atoms with Crippen molar-refractivity contribution in [3.05, 3.63) is 69.7 Å². The van der Waals surface area contributed by atoms with Crippen molar-refractivity contribution in [2.24, 2.45) is 11.8 Å². The number of rotatable bonds is 2. The number of nitrogens with two attached hydrogens (primary N) is 1. The van der Waals surface area contributed by atoms with Gasteiger partial charge in [0.05, 0.1) is 11.8 Å². The zero-order valence-corrected chi connectivity index (χ0v) is 14.7. The normalized spacial score (nSPS) is 27.9. The molecular weight excluding hydrogens is 329 g/mol. The predicted octanol–water partition coefficient (Wildman–Crippen LogP) is 4.19. The molecule has 0 saturated carbocycles. The lowest BCUT2D eigenvalue weighted by Crippen LogP contribution is -2.91. The Labute approximate surface area is 146 Å². The summed E-state index contributed by atoms with van der Waals surface area (Å²) in [7, 11) is 0. The van der Waals surface area contributed by atoms with Gasteiger partial charge in [-0.2, -0.15) is 0 Å². The summed E-state index contributed by atoms with van der Waals surface area (Å²) < 4.78 is 0. The fraction of sp³-hybridized carbons (Fsp3) is 0.316. The molecule has 1 fully saturated rings. The minimum Gasteiger partial charge on any atom is -0.333 e. The molecule has 23 heavy (non-hydrogen) atoms. The molecule has 2 aromatic rings. The minimum absolute atomic E-state index is 0.00803. The Balaban J connectivity index is 2.02. The summed E-state index contributed by atoms with van der Waals surface area (Å²) in [5.41, 5.74) is 2.03. The first-order valence-corrected chi connectivity index (χ1v) is 8.64. The lowest BCUT2D eigenvalue weighted by Gasteiger charge is -2.36. The van der Waals surface area contributed by atoms with Crippen LogP contribution in [0.5, 0.6) is 0 Å². The largest absolute Gasteiger partial charge is 0.333 e. The van der Waals surface area contributed by atoms with E-state index in [2.05, 4.69) is 5.32 Å². The first-order valence-electron chi connectivity index (χ1n) is 7.88. The number of hydrogen-bond donors (Lipinski definition) is 1. The first kappa shape index (κ1) is 16.5.